The minimum Gasteiger partial charge on any atom is -0.349 e. The number of nitrogens with one attached hydrogen (secondary N) is 2. The maximum atomic E-state index is 12.7. The first-order valence-electron chi connectivity index (χ1n) is 9.32. The predicted molar refractivity (Wildman–Crippen MR) is 102 cm³/mol. The normalized spacial score (nSPS) is 27.9. The predicted octanol–water partition coefficient (Wildman–Crippen LogP) is 2.73. The highest BCUT2D eigenvalue weighted by Crippen LogP contribution is 2.39. The Bertz CT molecular complexity index is 719. The van der Waals surface area contributed by atoms with E-state index in [1.165, 1.54) is 25.6 Å². The van der Waals surface area contributed by atoms with Crippen LogP contribution in [0.5, 0.6) is 0 Å². The summed E-state index contributed by atoms with van der Waals surface area (Å²) in [5.74, 6) is 1.91. The summed E-state index contributed by atoms with van der Waals surface area (Å²) in [6, 6.07) is 8.44. The molecule has 1 heterocycles. The quantitative estimate of drug-likeness (QED) is 0.702. The minimum absolute atomic E-state index is 0.0387. The number of nitrogens with two attached hydrogens (primary N) is 1. The van der Waals surface area contributed by atoms with Crippen LogP contribution in [0.3, 0.4) is 0 Å². The number of hydrogen-bond donors (Lipinski definition) is 3. The highest BCUT2D eigenvalue weighted by atomic mass is 32.2. The maximum Gasteiger partial charge on any atom is 0.251 e. The number of carbonyl (C=O) groups excluding carboxylic acids is 1. The van der Waals surface area contributed by atoms with Gasteiger partial charge in [0.25, 0.3) is 5.91 Å². The van der Waals surface area contributed by atoms with Gasteiger partial charge in [0.05, 0.1) is 0 Å². The summed E-state index contributed by atoms with van der Waals surface area (Å²) < 4.78 is 0. The molecule has 4 N–H and O–H groups in total. The Kier molecular flexibility index (Phi) is 5.26. The Morgan fingerprint density at radius 2 is 1.96 bits per heavy atom. The summed E-state index contributed by atoms with van der Waals surface area (Å²) in [6.45, 7) is 0. The van der Waals surface area contributed by atoms with E-state index < -0.39 is 0 Å². The second-order valence-electron chi connectivity index (χ2n) is 7.46. The van der Waals surface area contributed by atoms with Gasteiger partial charge in [0, 0.05) is 23.4 Å². The van der Waals surface area contributed by atoms with Gasteiger partial charge in [0.2, 0.25) is 0 Å². The summed E-state index contributed by atoms with van der Waals surface area (Å²) in [7, 11) is 0. The van der Waals surface area contributed by atoms with Gasteiger partial charge >= 0.3 is 0 Å². The third kappa shape index (κ3) is 3.94. The number of H-pyrrole nitrogens is 1. The number of carbonyl (C=O) groups is 1. The van der Waals surface area contributed by atoms with E-state index in [0.717, 1.165) is 34.9 Å². The largest absolute Gasteiger partial charge is 0.349 e. The van der Waals surface area contributed by atoms with Gasteiger partial charge in [-0.3, -0.25) is 9.89 Å². The molecule has 2 unspecified atom stereocenters. The van der Waals surface area contributed by atoms with Crippen molar-refractivity contribution >= 4 is 17.7 Å². The average Bonchev–Trinajstić information content (AvgIpc) is 3.15. The number of nitrogens with zero attached hydrogens (tertiary/aromatic N) is 2. The van der Waals surface area contributed by atoms with Crippen LogP contribution in [0.25, 0.3) is 0 Å². The van der Waals surface area contributed by atoms with Gasteiger partial charge in [0.15, 0.2) is 5.16 Å². The second-order valence-corrected chi connectivity index (χ2v) is 8.42. The third-order valence-electron chi connectivity index (χ3n) is 5.66. The standard InChI is InChI=1S/C19H25N5OS/c20-16-8-14-2-1-3-15(9-16)17(14)23-18(25)13-6-4-12(5-7-13)10-26-19-21-11-22-24-19/h4-7,11,14-17H,1-3,8-10,20H2,(H,23,25)(H,21,22,24). The van der Waals surface area contributed by atoms with Crippen LogP contribution in [0.4, 0.5) is 0 Å². The maximum absolute atomic E-state index is 12.7. The molecule has 2 atom stereocenters. The molecule has 0 spiro atoms. The Hall–Kier alpha value is -1.86. The Morgan fingerprint density at radius 3 is 2.62 bits per heavy atom. The Morgan fingerprint density at radius 1 is 1.23 bits per heavy atom. The van der Waals surface area contributed by atoms with Gasteiger partial charge in [-0.05, 0) is 55.2 Å². The molecule has 0 aliphatic heterocycles. The second kappa shape index (κ2) is 7.80. The number of thioether (sulfide) groups is 1. The zero-order valence-corrected chi connectivity index (χ0v) is 15.5. The van der Waals surface area contributed by atoms with Crippen molar-refractivity contribution in [3.8, 4) is 0 Å². The number of rotatable bonds is 5. The number of amides is 1. The van der Waals surface area contributed by atoms with E-state index in [4.69, 9.17) is 5.73 Å². The van der Waals surface area contributed by atoms with Gasteiger partial charge < -0.3 is 11.1 Å². The Balaban J connectivity index is 1.36. The highest BCUT2D eigenvalue weighted by Gasteiger charge is 2.39. The average molecular weight is 372 g/mol. The molecule has 1 amide bonds. The van der Waals surface area contributed by atoms with E-state index in [1.54, 1.807) is 11.8 Å². The smallest absolute Gasteiger partial charge is 0.251 e. The summed E-state index contributed by atoms with van der Waals surface area (Å²) in [5, 5.41) is 10.8. The molecule has 2 aliphatic carbocycles. The molecule has 2 fully saturated rings. The molecule has 6 nitrogen and oxygen atoms in total. The van der Waals surface area contributed by atoms with Crippen LogP contribution < -0.4 is 11.1 Å². The van der Waals surface area contributed by atoms with E-state index in [-0.39, 0.29) is 11.9 Å². The third-order valence-corrected chi connectivity index (χ3v) is 6.61. The van der Waals surface area contributed by atoms with Crippen molar-refractivity contribution in [2.75, 3.05) is 0 Å². The Labute approximate surface area is 157 Å². The van der Waals surface area contributed by atoms with Crippen LogP contribution in [0.15, 0.2) is 35.7 Å². The highest BCUT2D eigenvalue weighted by molar-refractivity contribution is 7.98. The lowest BCUT2D eigenvalue weighted by Gasteiger charge is -2.45. The lowest BCUT2D eigenvalue weighted by atomic mass is 9.67. The fourth-order valence-electron chi connectivity index (χ4n) is 4.43. The molecule has 1 aromatic carbocycles. The molecule has 7 heteroatoms. The van der Waals surface area contributed by atoms with Crippen LogP contribution >= 0.6 is 11.8 Å². The lowest BCUT2D eigenvalue weighted by Crippen LogP contribution is -2.53. The summed E-state index contributed by atoms with van der Waals surface area (Å²) in [5.41, 5.74) is 8.07. The van der Waals surface area contributed by atoms with Crippen LogP contribution in [0.1, 0.15) is 48.0 Å². The van der Waals surface area contributed by atoms with Gasteiger partial charge in [-0.15, -0.1) is 0 Å². The van der Waals surface area contributed by atoms with Gasteiger partial charge in [0.1, 0.15) is 6.33 Å². The number of fused-ring (bicyclic) bond motifs is 2. The molecule has 2 saturated carbocycles. The molecular weight excluding hydrogens is 346 g/mol. The fraction of sp³-hybridized carbons (Fsp3) is 0.526. The number of hydrogen-bond acceptors (Lipinski definition) is 5. The summed E-state index contributed by atoms with van der Waals surface area (Å²) >= 11 is 1.59. The molecular formula is C19H25N5OS. The van der Waals surface area contributed by atoms with Crippen molar-refractivity contribution < 1.29 is 4.79 Å². The first-order chi connectivity index (χ1) is 12.7. The van der Waals surface area contributed by atoms with Gasteiger partial charge in [-0.1, -0.05) is 30.3 Å². The van der Waals surface area contributed by atoms with Gasteiger partial charge in [-0.2, -0.15) is 5.10 Å². The van der Waals surface area contributed by atoms with Crippen LogP contribution in [0.2, 0.25) is 0 Å². The molecule has 2 aliphatic rings. The number of aromatic amines is 1. The van der Waals surface area contributed by atoms with Gasteiger partial charge in [-0.25, -0.2) is 4.98 Å². The van der Waals surface area contributed by atoms with Crippen LogP contribution in [0, 0.1) is 11.8 Å². The lowest BCUT2D eigenvalue weighted by molar-refractivity contribution is 0.0756. The topological polar surface area (TPSA) is 96.7 Å². The summed E-state index contributed by atoms with van der Waals surface area (Å²) in [6.07, 6.45) is 7.23. The van der Waals surface area contributed by atoms with Crippen molar-refractivity contribution in [2.24, 2.45) is 17.6 Å². The SMILES string of the molecule is NC1CC2CCCC(C1)C2NC(=O)c1ccc(CSc2ncn[nH]2)cc1. The van der Waals surface area contributed by atoms with E-state index >= 15 is 0 Å². The van der Waals surface area contributed by atoms with Crippen molar-refractivity contribution in [1.29, 1.82) is 0 Å². The monoisotopic (exact) mass is 371 g/mol. The molecule has 2 aromatic rings. The van der Waals surface area contributed by atoms with E-state index in [0.29, 0.717) is 17.9 Å². The van der Waals surface area contributed by atoms with Crippen molar-refractivity contribution in [3.05, 3.63) is 41.7 Å². The van der Waals surface area contributed by atoms with Crippen LogP contribution in [-0.2, 0) is 5.75 Å². The fourth-order valence-corrected chi connectivity index (χ4v) is 5.16. The van der Waals surface area contributed by atoms with Crippen molar-refractivity contribution in [1.82, 2.24) is 20.5 Å². The summed E-state index contributed by atoms with van der Waals surface area (Å²) in [4.78, 5) is 16.8. The zero-order valence-electron chi connectivity index (χ0n) is 14.7. The molecule has 0 radical (unpaired) electrons. The minimum atomic E-state index is 0.0387. The van der Waals surface area contributed by atoms with E-state index in [2.05, 4.69) is 20.5 Å². The number of aromatic nitrogens is 3. The molecule has 26 heavy (non-hydrogen) atoms. The molecule has 4 rings (SSSR count). The van der Waals surface area contributed by atoms with Crippen molar-refractivity contribution in [3.63, 3.8) is 0 Å². The van der Waals surface area contributed by atoms with Crippen LogP contribution in [-0.4, -0.2) is 33.2 Å². The molecule has 1 aromatic heterocycles. The molecule has 2 bridgehead atoms. The first-order valence-corrected chi connectivity index (χ1v) is 10.3. The first kappa shape index (κ1) is 17.5. The molecule has 0 saturated heterocycles. The molecule has 138 valence electrons. The van der Waals surface area contributed by atoms with E-state index in [9.17, 15) is 4.79 Å². The zero-order chi connectivity index (χ0) is 17.9. The number of benzene rings is 1. The van der Waals surface area contributed by atoms with Crippen molar-refractivity contribution in [2.45, 2.75) is 55.1 Å². The van der Waals surface area contributed by atoms with E-state index in [1.807, 2.05) is 24.3 Å².